The monoisotopic (exact) mass is 422 g/mol. The first-order valence-electron chi connectivity index (χ1n) is 10.0. The lowest BCUT2D eigenvalue weighted by Crippen LogP contribution is -2.39. The molecule has 154 valence electrons. The van der Waals surface area contributed by atoms with Crippen LogP contribution in [0, 0.1) is 0 Å². The van der Waals surface area contributed by atoms with Crippen molar-refractivity contribution in [2.24, 2.45) is 11.6 Å². The smallest absolute Gasteiger partial charge is 0.269 e. The molecule has 2 aliphatic carbocycles. The Kier molecular flexibility index (Phi) is 4.64. The van der Waals surface area contributed by atoms with E-state index in [9.17, 15) is 4.79 Å². The standard InChI is InChI=1S/C22H23ClN6O/c23-16-5-3-14-7-20(18(14)8-16)27-22(30)19(24)12-29(25)11-17-10-28-9-15(13-1-2-13)4-6-21(28)26-17/h3-6,8-10,12-13,20H,1-2,7,11,24-25H2,(H,27,30)/b19-12-. The maximum atomic E-state index is 12.4. The number of carbonyl (C=O) groups is 1. The molecule has 2 aliphatic rings. The zero-order valence-electron chi connectivity index (χ0n) is 16.4. The Morgan fingerprint density at radius 1 is 1.30 bits per heavy atom. The van der Waals surface area contributed by atoms with E-state index in [1.807, 2.05) is 34.9 Å². The van der Waals surface area contributed by atoms with Gasteiger partial charge in [0.1, 0.15) is 11.3 Å². The van der Waals surface area contributed by atoms with Gasteiger partial charge in [0.15, 0.2) is 0 Å². The van der Waals surface area contributed by atoms with Gasteiger partial charge >= 0.3 is 0 Å². The fourth-order valence-corrected chi connectivity index (χ4v) is 4.09. The second-order valence-corrected chi connectivity index (χ2v) is 8.50. The van der Waals surface area contributed by atoms with Crippen molar-refractivity contribution >= 4 is 23.2 Å². The zero-order valence-corrected chi connectivity index (χ0v) is 17.1. The number of amides is 1. The molecule has 1 unspecified atom stereocenters. The van der Waals surface area contributed by atoms with Crippen LogP contribution in [0.3, 0.4) is 0 Å². The van der Waals surface area contributed by atoms with Gasteiger partial charge in [0, 0.05) is 23.6 Å². The van der Waals surface area contributed by atoms with E-state index in [0.29, 0.717) is 17.5 Å². The highest BCUT2D eigenvalue weighted by atomic mass is 35.5. The van der Waals surface area contributed by atoms with E-state index in [1.165, 1.54) is 35.2 Å². The number of hydrogen-bond donors (Lipinski definition) is 3. The summed E-state index contributed by atoms with van der Waals surface area (Å²) in [5.74, 6) is 6.39. The van der Waals surface area contributed by atoms with E-state index in [-0.39, 0.29) is 17.6 Å². The average molecular weight is 423 g/mol. The van der Waals surface area contributed by atoms with Crippen molar-refractivity contribution in [1.29, 1.82) is 0 Å². The number of aromatic nitrogens is 2. The molecule has 1 amide bonds. The summed E-state index contributed by atoms with van der Waals surface area (Å²) in [6.45, 7) is 0.344. The van der Waals surface area contributed by atoms with Gasteiger partial charge in [-0.25, -0.2) is 10.8 Å². The van der Waals surface area contributed by atoms with Gasteiger partial charge in [0.25, 0.3) is 5.91 Å². The third-order valence-corrected chi connectivity index (χ3v) is 5.93. The summed E-state index contributed by atoms with van der Waals surface area (Å²) in [5.41, 5.74) is 11.2. The average Bonchev–Trinajstić information content (AvgIpc) is 3.47. The van der Waals surface area contributed by atoms with Crippen LogP contribution in [-0.4, -0.2) is 20.3 Å². The molecular weight excluding hydrogens is 400 g/mol. The molecule has 0 saturated heterocycles. The third kappa shape index (κ3) is 3.74. The minimum absolute atomic E-state index is 0.0489. The van der Waals surface area contributed by atoms with Gasteiger partial charge < -0.3 is 20.5 Å². The Morgan fingerprint density at radius 3 is 2.93 bits per heavy atom. The molecule has 8 heteroatoms. The van der Waals surface area contributed by atoms with Crippen LogP contribution in [0.2, 0.25) is 5.02 Å². The van der Waals surface area contributed by atoms with Crippen LogP contribution in [0.1, 0.15) is 47.2 Å². The van der Waals surface area contributed by atoms with E-state index in [0.717, 1.165) is 23.3 Å². The number of nitrogens with two attached hydrogens (primary N) is 2. The number of nitrogens with one attached hydrogen (secondary N) is 1. The number of fused-ring (bicyclic) bond motifs is 2. The van der Waals surface area contributed by atoms with Crippen molar-refractivity contribution in [3.05, 3.63) is 82.0 Å². The SMILES string of the molecule is N/C(=C\N(N)Cc1cn2cc(C3CC3)ccc2n1)C(=O)NC1Cc2ccc(Cl)cc21. The highest BCUT2D eigenvalue weighted by Crippen LogP contribution is 2.40. The highest BCUT2D eigenvalue weighted by Gasteiger charge is 2.28. The van der Waals surface area contributed by atoms with Crippen molar-refractivity contribution in [3.63, 3.8) is 0 Å². The summed E-state index contributed by atoms with van der Waals surface area (Å²) in [6, 6.07) is 9.78. The molecule has 1 fully saturated rings. The zero-order chi connectivity index (χ0) is 20.8. The van der Waals surface area contributed by atoms with Crippen LogP contribution >= 0.6 is 11.6 Å². The number of nitrogens with zero attached hydrogens (tertiary/aromatic N) is 3. The Balaban J connectivity index is 1.22. The number of hydrogen-bond acceptors (Lipinski definition) is 5. The van der Waals surface area contributed by atoms with Gasteiger partial charge in [-0.3, -0.25) is 4.79 Å². The summed E-state index contributed by atoms with van der Waals surface area (Å²) in [7, 11) is 0. The van der Waals surface area contributed by atoms with Crippen LogP contribution in [-0.2, 0) is 17.8 Å². The van der Waals surface area contributed by atoms with Crippen molar-refractivity contribution < 1.29 is 4.79 Å². The summed E-state index contributed by atoms with van der Waals surface area (Å²) >= 11 is 6.04. The van der Waals surface area contributed by atoms with E-state index in [1.54, 1.807) is 0 Å². The van der Waals surface area contributed by atoms with Crippen molar-refractivity contribution in [2.75, 3.05) is 0 Å². The van der Waals surface area contributed by atoms with E-state index in [2.05, 4.69) is 22.6 Å². The lowest BCUT2D eigenvalue weighted by atomic mass is 9.83. The van der Waals surface area contributed by atoms with Gasteiger partial charge in [0.05, 0.1) is 18.3 Å². The van der Waals surface area contributed by atoms with Gasteiger partial charge in [-0.1, -0.05) is 23.7 Å². The fourth-order valence-electron chi connectivity index (χ4n) is 3.91. The molecule has 5 rings (SSSR count). The number of halogens is 1. The molecule has 1 saturated carbocycles. The summed E-state index contributed by atoms with van der Waals surface area (Å²) in [5, 5.41) is 4.95. The van der Waals surface area contributed by atoms with Crippen LogP contribution in [0.15, 0.2) is 54.6 Å². The normalized spacial score (nSPS) is 18.1. The molecule has 3 aromatic rings. The van der Waals surface area contributed by atoms with Crippen molar-refractivity contribution in [2.45, 2.75) is 37.8 Å². The molecular formula is C22H23ClN6O. The number of rotatable bonds is 6. The van der Waals surface area contributed by atoms with Crippen molar-refractivity contribution in [1.82, 2.24) is 19.7 Å². The molecule has 1 atom stereocenters. The molecule has 30 heavy (non-hydrogen) atoms. The van der Waals surface area contributed by atoms with E-state index >= 15 is 0 Å². The first-order chi connectivity index (χ1) is 14.5. The van der Waals surface area contributed by atoms with Gasteiger partial charge in [-0.05, 0) is 60.1 Å². The Labute approximate surface area is 179 Å². The minimum Gasteiger partial charge on any atom is -0.393 e. The summed E-state index contributed by atoms with van der Waals surface area (Å²) < 4.78 is 2.02. The molecule has 2 heterocycles. The first kappa shape index (κ1) is 19.0. The molecule has 0 spiro atoms. The highest BCUT2D eigenvalue weighted by molar-refractivity contribution is 6.30. The topological polar surface area (TPSA) is 102 Å². The summed E-state index contributed by atoms with van der Waals surface area (Å²) in [4.78, 5) is 17.0. The number of benzene rings is 1. The quantitative estimate of drug-likeness (QED) is 0.322. The summed E-state index contributed by atoms with van der Waals surface area (Å²) in [6.07, 6.45) is 8.81. The predicted molar refractivity (Wildman–Crippen MR) is 115 cm³/mol. The van der Waals surface area contributed by atoms with Gasteiger partial charge in [-0.15, -0.1) is 0 Å². The number of pyridine rings is 1. The van der Waals surface area contributed by atoms with Crippen LogP contribution in [0.25, 0.3) is 5.65 Å². The third-order valence-electron chi connectivity index (χ3n) is 5.70. The fraction of sp³-hybridized carbons (Fsp3) is 0.273. The van der Waals surface area contributed by atoms with Crippen LogP contribution in [0.4, 0.5) is 0 Å². The number of imidazole rings is 1. The largest absolute Gasteiger partial charge is 0.393 e. The van der Waals surface area contributed by atoms with Crippen LogP contribution in [0.5, 0.6) is 0 Å². The molecule has 7 nitrogen and oxygen atoms in total. The number of hydrazine groups is 1. The molecule has 0 aliphatic heterocycles. The Bertz CT molecular complexity index is 1170. The molecule has 2 aromatic heterocycles. The van der Waals surface area contributed by atoms with Crippen molar-refractivity contribution in [3.8, 4) is 0 Å². The molecule has 0 radical (unpaired) electrons. The lowest BCUT2D eigenvalue weighted by Gasteiger charge is -2.31. The Morgan fingerprint density at radius 2 is 2.13 bits per heavy atom. The molecule has 0 bridgehead atoms. The molecule has 1 aromatic carbocycles. The predicted octanol–water partition coefficient (Wildman–Crippen LogP) is 2.75. The molecule has 5 N–H and O–H groups in total. The lowest BCUT2D eigenvalue weighted by molar-refractivity contribution is -0.118. The maximum absolute atomic E-state index is 12.4. The second-order valence-electron chi connectivity index (χ2n) is 8.06. The van der Waals surface area contributed by atoms with Gasteiger partial charge in [0.2, 0.25) is 0 Å². The van der Waals surface area contributed by atoms with Crippen LogP contribution < -0.4 is 16.9 Å². The Hall–Kier alpha value is -3.03. The van der Waals surface area contributed by atoms with Gasteiger partial charge in [-0.2, -0.15) is 0 Å². The minimum atomic E-state index is -0.356. The first-order valence-corrected chi connectivity index (χ1v) is 10.4. The van der Waals surface area contributed by atoms with E-state index in [4.69, 9.17) is 23.2 Å². The second kappa shape index (κ2) is 7.34. The van der Waals surface area contributed by atoms with E-state index < -0.39 is 0 Å². The maximum Gasteiger partial charge on any atom is 0.269 e. The number of carbonyl (C=O) groups excluding carboxylic acids is 1.